The van der Waals surface area contributed by atoms with E-state index in [1.54, 1.807) is 0 Å². The maximum absolute atomic E-state index is 12.4. The molecule has 2 heterocycles. The summed E-state index contributed by atoms with van der Waals surface area (Å²) in [6, 6.07) is 4.09. The molecule has 0 saturated carbocycles. The Balaban J connectivity index is 1.76. The van der Waals surface area contributed by atoms with Gasteiger partial charge in [0.05, 0.1) is 46.2 Å². The lowest BCUT2D eigenvalue weighted by Crippen LogP contribution is -2.37. The highest BCUT2D eigenvalue weighted by molar-refractivity contribution is 7.92. The van der Waals surface area contributed by atoms with Crippen molar-refractivity contribution in [3.8, 4) is 0 Å². The minimum atomic E-state index is -3.80. The van der Waals surface area contributed by atoms with Crippen LogP contribution in [0.4, 0.5) is 11.6 Å². The van der Waals surface area contributed by atoms with Gasteiger partial charge in [0.15, 0.2) is 0 Å². The molecule has 3 rings (SSSR count). The number of nitrogens with one attached hydrogen (secondary N) is 1. The van der Waals surface area contributed by atoms with Crippen LogP contribution >= 0.6 is 23.2 Å². The molecule has 1 aromatic carbocycles. The summed E-state index contributed by atoms with van der Waals surface area (Å²) in [6.45, 7) is 2.65. The smallest absolute Gasteiger partial charge is 0.262 e. The van der Waals surface area contributed by atoms with E-state index in [1.807, 2.05) is 4.90 Å². The molecule has 0 aliphatic carbocycles. The molecule has 2 aromatic rings. The topological polar surface area (TPSA) is 84.4 Å². The fourth-order valence-corrected chi connectivity index (χ4v) is 3.58. The van der Waals surface area contributed by atoms with Crippen LogP contribution < -0.4 is 9.62 Å². The predicted octanol–water partition coefficient (Wildman–Crippen LogP) is 2.42. The molecule has 0 spiro atoms. The second kappa shape index (κ2) is 7.10. The molecular weight excluding hydrogens is 375 g/mol. The first kappa shape index (κ1) is 17.2. The predicted molar refractivity (Wildman–Crippen MR) is 92.3 cm³/mol. The van der Waals surface area contributed by atoms with Crippen LogP contribution in [0, 0.1) is 0 Å². The normalized spacial score (nSPS) is 15.3. The van der Waals surface area contributed by atoms with Gasteiger partial charge in [-0.15, -0.1) is 0 Å². The van der Waals surface area contributed by atoms with Crippen molar-refractivity contribution in [3.63, 3.8) is 0 Å². The molecule has 1 aliphatic heterocycles. The van der Waals surface area contributed by atoms with Crippen LogP contribution in [0.5, 0.6) is 0 Å². The van der Waals surface area contributed by atoms with Crippen LogP contribution in [-0.4, -0.2) is 44.7 Å². The van der Waals surface area contributed by atoms with Crippen LogP contribution in [0.1, 0.15) is 0 Å². The summed E-state index contributed by atoms with van der Waals surface area (Å²) in [5, 5.41) is 0.451. The quantitative estimate of drug-likeness (QED) is 0.865. The number of nitrogens with zero attached hydrogens (tertiary/aromatic N) is 3. The van der Waals surface area contributed by atoms with Gasteiger partial charge in [0.2, 0.25) is 5.95 Å². The van der Waals surface area contributed by atoms with Crippen molar-refractivity contribution in [1.82, 2.24) is 9.97 Å². The molecule has 10 heteroatoms. The Morgan fingerprint density at radius 2 is 1.75 bits per heavy atom. The lowest BCUT2D eigenvalue weighted by atomic mass is 10.4. The number of morpholine rings is 1. The molecule has 1 N–H and O–H groups in total. The van der Waals surface area contributed by atoms with Crippen LogP contribution in [0.2, 0.25) is 10.0 Å². The second-order valence-corrected chi connectivity index (χ2v) is 7.55. The monoisotopic (exact) mass is 388 g/mol. The van der Waals surface area contributed by atoms with Gasteiger partial charge in [0, 0.05) is 13.1 Å². The van der Waals surface area contributed by atoms with Gasteiger partial charge in [-0.3, -0.25) is 4.72 Å². The molecule has 1 aromatic heterocycles. The molecule has 24 heavy (non-hydrogen) atoms. The Morgan fingerprint density at radius 3 is 2.38 bits per heavy atom. The summed E-state index contributed by atoms with van der Waals surface area (Å²) < 4.78 is 32.4. The molecule has 7 nitrogen and oxygen atoms in total. The standard InChI is InChI=1S/C14H14Cl2N4O3S/c15-12-2-1-11(7-13(12)16)24(21,22)19-10-8-17-14(18-9-10)20-3-5-23-6-4-20/h1-2,7-9,19H,3-6H2. The largest absolute Gasteiger partial charge is 0.378 e. The van der Waals surface area contributed by atoms with Gasteiger partial charge < -0.3 is 9.64 Å². The number of aromatic nitrogens is 2. The Labute approximate surface area is 149 Å². The van der Waals surface area contributed by atoms with Crippen molar-refractivity contribution in [2.45, 2.75) is 4.90 Å². The van der Waals surface area contributed by atoms with Crippen molar-refractivity contribution >= 4 is 44.9 Å². The van der Waals surface area contributed by atoms with E-state index in [4.69, 9.17) is 27.9 Å². The molecule has 0 bridgehead atoms. The summed E-state index contributed by atoms with van der Waals surface area (Å²) in [7, 11) is -3.80. The average Bonchev–Trinajstić information content (AvgIpc) is 2.58. The number of halogens is 2. The number of rotatable bonds is 4. The maximum atomic E-state index is 12.4. The number of hydrogen-bond donors (Lipinski definition) is 1. The number of hydrogen-bond acceptors (Lipinski definition) is 6. The highest BCUT2D eigenvalue weighted by atomic mass is 35.5. The van der Waals surface area contributed by atoms with E-state index in [2.05, 4.69) is 14.7 Å². The van der Waals surface area contributed by atoms with Gasteiger partial charge in [0.25, 0.3) is 10.0 Å². The minimum absolute atomic E-state index is 0.00848. The Hall–Kier alpha value is -1.61. The summed E-state index contributed by atoms with van der Waals surface area (Å²) in [4.78, 5) is 10.4. The Bertz CT molecular complexity index is 824. The highest BCUT2D eigenvalue weighted by Gasteiger charge is 2.17. The van der Waals surface area contributed by atoms with Gasteiger partial charge in [0.1, 0.15) is 0 Å². The molecule has 1 aliphatic rings. The number of anilines is 2. The molecule has 1 fully saturated rings. The van der Waals surface area contributed by atoms with Crippen LogP contribution in [0.25, 0.3) is 0 Å². The first-order valence-electron chi connectivity index (χ1n) is 7.08. The summed E-state index contributed by atoms with van der Waals surface area (Å²) >= 11 is 11.7. The van der Waals surface area contributed by atoms with E-state index in [-0.39, 0.29) is 20.6 Å². The zero-order chi connectivity index (χ0) is 17.2. The fraction of sp³-hybridized carbons (Fsp3) is 0.286. The molecule has 128 valence electrons. The summed E-state index contributed by atoms with van der Waals surface area (Å²) in [5.41, 5.74) is 0.262. The minimum Gasteiger partial charge on any atom is -0.378 e. The highest BCUT2D eigenvalue weighted by Crippen LogP contribution is 2.26. The number of ether oxygens (including phenoxy) is 1. The third kappa shape index (κ3) is 3.89. The molecule has 1 saturated heterocycles. The zero-order valence-corrected chi connectivity index (χ0v) is 14.8. The van der Waals surface area contributed by atoms with Crippen molar-refractivity contribution in [1.29, 1.82) is 0 Å². The second-order valence-electron chi connectivity index (χ2n) is 5.05. The third-order valence-electron chi connectivity index (χ3n) is 3.39. The van der Waals surface area contributed by atoms with E-state index < -0.39 is 10.0 Å². The Morgan fingerprint density at radius 1 is 1.08 bits per heavy atom. The van der Waals surface area contributed by atoms with E-state index in [0.29, 0.717) is 32.3 Å². The van der Waals surface area contributed by atoms with Gasteiger partial charge in [-0.1, -0.05) is 23.2 Å². The van der Waals surface area contributed by atoms with Crippen LogP contribution in [0.3, 0.4) is 0 Å². The first-order chi connectivity index (χ1) is 11.5. The van der Waals surface area contributed by atoms with E-state index in [1.165, 1.54) is 30.6 Å². The van der Waals surface area contributed by atoms with E-state index in [0.717, 1.165) is 0 Å². The summed E-state index contributed by atoms with van der Waals surface area (Å²) in [6.07, 6.45) is 2.85. The van der Waals surface area contributed by atoms with Gasteiger partial charge in [-0.2, -0.15) is 0 Å². The molecule has 0 amide bonds. The van der Waals surface area contributed by atoms with Gasteiger partial charge >= 0.3 is 0 Å². The van der Waals surface area contributed by atoms with E-state index in [9.17, 15) is 8.42 Å². The third-order valence-corrected chi connectivity index (χ3v) is 5.50. The summed E-state index contributed by atoms with van der Waals surface area (Å²) in [5.74, 6) is 0.538. The molecule has 0 unspecified atom stereocenters. The van der Waals surface area contributed by atoms with Crippen molar-refractivity contribution in [2.24, 2.45) is 0 Å². The average molecular weight is 389 g/mol. The van der Waals surface area contributed by atoms with E-state index >= 15 is 0 Å². The van der Waals surface area contributed by atoms with Crippen LogP contribution in [0.15, 0.2) is 35.5 Å². The van der Waals surface area contributed by atoms with Crippen LogP contribution in [-0.2, 0) is 14.8 Å². The fourth-order valence-electron chi connectivity index (χ4n) is 2.16. The molecule has 0 atom stereocenters. The first-order valence-corrected chi connectivity index (χ1v) is 9.32. The lowest BCUT2D eigenvalue weighted by molar-refractivity contribution is 0.122. The number of sulfonamides is 1. The Kier molecular flexibility index (Phi) is 5.09. The van der Waals surface area contributed by atoms with Crippen molar-refractivity contribution in [3.05, 3.63) is 40.6 Å². The number of benzene rings is 1. The van der Waals surface area contributed by atoms with Gasteiger partial charge in [-0.05, 0) is 18.2 Å². The van der Waals surface area contributed by atoms with Crippen molar-refractivity contribution < 1.29 is 13.2 Å². The SMILES string of the molecule is O=S(=O)(Nc1cnc(N2CCOCC2)nc1)c1ccc(Cl)c(Cl)c1. The molecular formula is C14H14Cl2N4O3S. The lowest BCUT2D eigenvalue weighted by Gasteiger charge is -2.26. The van der Waals surface area contributed by atoms with Crippen molar-refractivity contribution in [2.75, 3.05) is 35.9 Å². The maximum Gasteiger partial charge on any atom is 0.262 e. The molecule has 0 radical (unpaired) electrons. The van der Waals surface area contributed by atoms with Gasteiger partial charge in [-0.25, -0.2) is 18.4 Å². The zero-order valence-electron chi connectivity index (χ0n) is 12.4.